The first-order chi connectivity index (χ1) is 21.4. The molecule has 0 saturated carbocycles. The molecule has 0 fully saturated rings. The average Bonchev–Trinajstić information content (AvgIpc) is 3.03. The molecule has 2 aromatic rings. The van der Waals surface area contributed by atoms with Crippen LogP contribution in [0.3, 0.4) is 0 Å². The van der Waals surface area contributed by atoms with E-state index in [1.807, 2.05) is 0 Å². The van der Waals surface area contributed by atoms with Crippen LogP contribution in [0.4, 0.5) is 0 Å². The Morgan fingerprint density at radius 3 is 1.59 bits per heavy atom. The molecule has 9 nitrogen and oxygen atoms in total. The van der Waals surface area contributed by atoms with E-state index in [0.717, 1.165) is 53.3 Å². The monoisotopic (exact) mass is 620 g/mol. The number of quaternary nitrogens is 1. The summed E-state index contributed by atoms with van der Waals surface area (Å²) in [6.07, 6.45) is 0. The molecule has 250 valence electrons. The van der Waals surface area contributed by atoms with Crippen LogP contribution in [0.25, 0.3) is 11.1 Å². The van der Waals surface area contributed by atoms with E-state index in [4.69, 9.17) is 37.9 Å². The Balaban J connectivity index is 2.28. The predicted octanol–water partition coefficient (Wildman–Crippen LogP) is 5.46. The van der Waals surface area contributed by atoms with Gasteiger partial charge in [-0.2, -0.15) is 0 Å². The van der Waals surface area contributed by atoms with Crippen molar-refractivity contribution in [2.24, 2.45) is 0 Å². The maximum absolute atomic E-state index is 6.48. The fraction of sp³-hybridized carbons (Fsp3) is 0.657. The van der Waals surface area contributed by atoms with Gasteiger partial charge in [0, 0.05) is 14.2 Å². The topological polar surface area (TPSA) is 73.8 Å². The third-order valence-electron chi connectivity index (χ3n) is 7.92. The van der Waals surface area contributed by atoms with Crippen molar-refractivity contribution in [1.29, 1.82) is 0 Å². The SMILES string of the molecule is CC[N+](CC)(CC)Cc1cc(-c2cc(C)ccc2C)cc(OCCOCCOCCOC)c1OCCOCCOCCOC. The molecule has 0 aliphatic heterocycles. The van der Waals surface area contributed by atoms with Crippen LogP contribution in [-0.2, 0) is 35.0 Å². The molecule has 0 saturated heterocycles. The van der Waals surface area contributed by atoms with Gasteiger partial charge in [-0.25, -0.2) is 0 Å². The van der Waals surface area contributed by atoms with E-state index in [-0.39, 0.29) is 0 Å². The lowest BCUT2D eigenvalue weighted by atomic mass is 9.95. The number of hydrogen-bond acceptors (Lipinski definition) is 8. The maximum Gasteiger partial charge on any atom is 0.170 e. The van der Waals surface area contributed by atoms with E-state index >= 15 is 0 Å². The lowest BCUT2D eigenvalue weighted by molar-refractivity contribution is -0.936. The Morgan fingerprint density at radius 1 is 0.568 bits per heavy atom. The first-order valence-corrected chi connectivity index (χ1v) is 16.1. The van der Waals surface area contributed by atoms with Crippen LogP contribution in [0.5, 0.6) is 11.5 Å². The third-order valence-corrected chi connectivity index (χ3v) is 7.92. The molecule has 0 aliphatic rings. The van der Waals surface area contributed by atoms with E-state index < -0.39 is 0 Å². The molecule has 0 aliphatic carbocycles. The Morgan fingerprint density at radius 2 is 1.07 bits per heavy atom. The van der Waals surface area contributed by atoms with Crippen molar-refractivity contribution in [2.75, 3.05) is 113 Å². The standard InChI is InChI=1S/C35H58NO8/c1-8-36(9-2,10-3)28-32-26-31(33-25-29(4)11-12-30(33)5)27-34(43-23-21-41-19-17-39-15-13-37-6)35(32)44-24-22-42-20-18-40-16-14-38-7/h11-12,25-27H,8-10,13-24,28H2,1-7H3/q+1. The molecule has 0 heterocycles. The number of ether oxygens (including phenoxy) is 8. The molecule has 0 radical (unpaired) electrons. The van der Waals surface area contributed by atoms with Crippen LogP contribution in [-0.4, -0.2) is 118 Å². The third kappa shape index (κ3) is 13.4. The molecule has 0 aromatic heterocycles. The van der Waals surface area contributed by atoms with Gasteiger partial charge in [0.15, 0.2) is 11.5 Å². The molecule has 0 spiro atoms. The second-order valence-electron chi connectivity index (χ2n) is 10.9. The van der Waals surface area contributed by atoms with E-state index in [1.165, 1.54) is 16.7 Å². The van der Waals surface area contributed by atoms with Crippen molar-refractivity contribution >= 4 is 0 Å². The molecule has 9 heteroatoms. The van der Waals surface area contributed by atoms with Crippen LogP contribution in [0.2, 0.25) is 0 Å². The molecule has 0 unspecified atom stereocenters. The number of benzene rings is 2. The summed E-state index contributed by atoms with van der Waals surface area (Å²) in [7, 11) is 3.33. The Hall–Kier alpha value is -2.24. The normalized spacial score (nSPS) is 11.7. The Bertz CT molecular complexity index is 1040. The van der Waals surface area contributed by atoms with Gasteiger partial charge in [0.25, 0.3) is 0 Å². The zero-order valence-electron chi connectivity index (χ0n) is 28.4. The quantitative estimate of drug-likeness (QED) is 0.101. The van der Waals surface area contributed by atoms with Crippen molar-refractivity contribution in [3.8, 4) is 22.6 Å². The highest BCUT2D eigenvalue weighted by Gasteiger charge is 2.26. The zero-order chi connectivity index (χ0) is 32.0. The van der Waals surface area contributed by atoms with Crippen molar-refractivity contribution < 1.29 is 42.4 Å². The molecular formula is C35H58NO8+. The van der Waals surface area contributed by atoms with E-state index in [0.29, 0.717) is 79.3 Å². The van der Waals surface area contributed by atoms with E-state index in [2.05, 4.69) is 65.0 Å². The lowest BCUT2D eigenvalue weighted by Crippen LogP contribution is -2.46. The number of hydrogen-bond donors (Lipinski definition) is 0. The number of aryl methyl sites for hydroxylation is 2. The van der Waals surface area contributed by atoms with Crippen LogP contribution in [0, 0.1) is 13.8 Å². The molecule has 44 heavy (non-hydrogen) atoms. The second-order valence-corrected chi connectivity index (χ2v) is 10.9. The van der Waals surface area contributed by atoms with Gasteiger partial charge in [0.1, 0.15) is 19.8 Å². The number of methoxy groups -OCH3 is 2. The Kier molecular flexibility index (Phi) is 19.2. The fourth-order valence-electron chi connectivity index (χ4n) is 4.96. The van der Waals surface area contributed by atoms with Gasteiger partial charge in [-0.05, 0) is 63.4 Å². The summed E-state index contributed by atoms with van der Waals surface area (Å²) in [5.74, 6) is 1.50. The van der Waals surface area contributed by atoms with Gasteiger partial charge < -0.3 is 42.4 Å². The van der Waals surface area contributed by atoms with Crippen molar-refractivity contribution in [3.63, 3.8) is 0 Å². The largest absolute Gasteiger partial charge is 0.487 e. The number of rotatable bonds is 26. The zero-order valence-corrected chi connectivity index (χ0v) is 28.4. The summed E-state index contributed by atoms with van der Waals surface area (Å²) < 4.78 is 46.4. The minimum Gasteiger partial charge on any atom is -0.487 e. The molecule has 2 aromatic carbocycles. The molecule has 2 rings (SSSR count). The minimum absolute atomic E-state index is 0.398. The summed E-state index contributed by atoms with van der Waals surface area (Å²) in [6.45, 7) is 21.0. The molecular weight excluding hydrogens is 562 g/mol. The minimum atomic E-state index is 0.398. The van der Waals surface area contributed by atoms with E-state index in [9.17, 15) is 0 Å². The maximum atomic E-state index is 6.48. The fourth-order valence-corrected chi connectivity index (χ4v) is 4.96. The number of nitrogens with zero attached hydrogens (tertiary/aromatic N) is 1. The van der Waals surface area contributed by atoms with Gasteiger partial charge in [-0.1, -0.05) is 23.8 Å². The van der Waals surface area contributed by atoms with Crippen molar-refractivity contribution in [1.82, 2.24) is 0 Å². The molecule has 0 atom stereocenters. The highest BCUT2D eigenvalue weighted by Crippen LogP contribution is 2.39. The summed E-state index contributed by atoms with van der Waals surface area (Å²) in [5, 5.41) is 0. The van der Waals surface area contributed by atoms with Crippen LogP contribution in [0.15, 0.2) is 30.3 Å². The second kappa shape index (κ2) is 22.3. The van der Waals surface area contributed by atoms with Gasteiger partial charge in [0.05, 0.1) is 91.3 Å². The van der Waals surface area contributed by atoms with Gasteiger partial charge in [-0.3, -0.25) is 0 Å². The van der Waals surface area contributed by atoms with Gasteiger partial charge >= 0.3 is 0 Å². The summed E-state index contributed by atoms with van der Waals surface area (Å²) in [6, 6.07) is 11.0. The van der Waals surface area contributed by atoms with Crippen molar-refractivity contribution in [3.05, 3.63) is 47.0 Å². The predicted molar refractivity (Wildman–Crippen MR) is 175 cm³/mol. The summed E-state index contributed by atoms with van der Waals surface area (Å²) in [4.78, 5) is 0. The molecule has 0 bridgehead atoms. The molecule has 0 amide bonds. The van der Waals surface area contributed by atoms with Gasteiger partial charge in [0.2, 0.25) is 0 Å². The lowest BCUT2D eigenvalue weighted by Gasteiger charge is -2.36. The van der Waals surface area contributed by atoms with Crippen LogP contribution in [0.1, 0.15) is 37.5 Å². The van der Waals surface area contributed by atoms with Crippen LogP contribution >= 0.6 is 0 Å². The Labute approximate surface area is 266 Å². The summed E-state index contributed by atoms with van der Waals surface area (Å²) >= 11 is 0. The average molecular weight is 621 g/mol. The highest BCUT2D eigenvalue weighted by atomic mass is 16.6. The van der Waals surface area contributed by atoms with E-state index in [1.54, 1.807) is 14.2 Å². The van der Waals surface area contributed by atoms with Gasteiger partial charge in [-0.15, -0.1) is 0 Å². The smallest absolute Gasteiger partial charge is 0.170 e. The summed E-state index contributed by atoms with van der Waals surface area (Å²) in [5.41, 5.74) is 5.91. The highest BCUT2D eigenvalue weighted by molar-refractivity contribution is 5.72. The molecule has 0 N–H and O–H groups in total. The van der Waals surface area contributed by atoms with Crippen molar-refractivity contribution in [2.45, 2.75) is 41.2 Å². The van der Waals surface area contributed by atoms with Crippen LogP contribution < -0.4 is 9.47 Å². The first kappa shape index (κ1) is 37.9. The first-order valence-electron chi connectivity index (χ1n) is 16.1.